The van der Waals surface area contributed by atoms with Gasteiger partial charge in [0.15, 0.2) is 11.5 Å². The lowest BCUT2D eigenvalue weighted by atomic mass is 9.98. The summed E-state index contributed by atoms with van der Waals surface area (Å²) in [5.74, 6) is 2.59. The molecule has 0 saturated heterocycles. The van der Waals surface area contributed by atoms with E-state index in [1.54, 1.807) is 0 Å². The summed E-state index contributed by atoms with van der Waals surface area (Å²) in [6, 6.07) is 60.9. The Morgan fingerprint density at radius 3 is 1.88 bits per heavy atom. The molecular formula is C47H30N4. The van der Waals surface area contributed by atoms with Crippen LogP contribution in [0.2, 0.25) is 0 Å². The lowest BCUT2D eigenvalue weighted by Crippen LogP contribution is -2.06. The molecule has 0 bridgehead atoms. The van der Waals surface area contributed by atoms with E-state index < -0.39 is 0 Å². The Morgan fingerprint density at radius 2 is 1.04 bits per heavy atom. The van der Waals surface area contributed by atoms with Crippen LogP contribution in [-0.2, 0) is 6.42 Å². The van der Waals surface area contributed by atoms with Crippen molar-refractivity contribution in [1.29, 1.82) is 0 Å². The van der Waals surface area contributed by atoms with Crippen LogP contribution in [0, 0.1) is 0 Å². The summed E-state index contributed by atoms with van der Waals surface area (Å²) >= 11 is 0. The largest absolute Gasteiger partial charge is 0.294 e. The molecule has 4 heteroatoms. The SMILES string of the molecule is c1ccc(-c2nc(-c3ccccc3)n3c(-n4c5ccccc5c5ccc(-c6ccc7c(c6)-c6ccccc6C7)cc54)c4ccccc4c3n2)cc1. The van der Waals surface area contributed by atoms with Crippen molar-refractivity contribution in [1.82, 2.24) is 18.9 Å². The third kappa shape index (κ3) is 4.20. The Hall–Kier alpha value is -6.78. The molecular weight excluding hydrogens is 621 g/mol. The van der Waals surface area contributed by atoms with Crippen molar-refractivity contribution in [2.75, 3.05) is 0 Å². The number of aromatic nitrogens is 4. The first-order valence-corrected chi connectivity index (χ1v) is 17.5. The molecule has 1 aliphatic carbocycles. The van der Waals surface area contributed by atoms with E-state index >= 15 is 0 Å². The van der Waals surface area contributed by atoms with Crippen molar-refractivity contribution in [3.8, 4) is 50.8 Å². The average molecular weight is 651 g/mol. The third-order valence-corrected chi connectivity index (χ3v) is 10.5. The summed E-state index contributed by atoms with van der Waals surface area (Å²) in [5, 5.41) is 4.63. The molecule has 3 heterocycles. The summed E-state index contributed by atoms with van der Waals surface area (Å²) in [7, 11) is 0. The van der Waals surface area contributed by atoms with Gasteiger partial charge in [-0.25, -0.2) is 9.97 Å². The lowest BCUT2D eigenvalue weighted by molar-refractivity contribution is 0.986. The predicted molar refractivity (Wildman–Crippen MR) is 209 cm³/mol. The lowest BCUT2D eigenvalue weighted by Gasteiger charge is -2.14. The number of nitrogens with zero attached hydrogens (tertiary/aromatic N) is 4. The van der Waals surface area contributed by atoms with Gasteiger partial charge in [-0.05, 0) is 58.0 Å². The highest BCUT2D eigenvalue weighted by Crippen LogP contribution is 2.42. The van der Waals surface area contributed by atoms with E-state index in [4.69, 9.17) is 9.97 Å². The number of fused-ring (bicyclic) bond motifs is 9. The van der Waals surface area contributed by atoms with Gasteiger partial charge < -0.3 is 0 Å². The fraction of sp³-hybridized carbons (Fsp3) is 0.0213. The number of para-hydroxylation sites is 1. The van der Waals surface area contributed by atoms with Crippen LogP contribution >= 0.6 is 0 Å². The minimum absolute atomic E-state index is 0.708. The second-order valence-electron chi connectivity index (χ2n) is 13.4. The second kappa shape index (κ2) is 10.9. The van der Waals surface area contributed by atoms with Gasteiger partial charge in [0.1, 0.15) is 11.6 Å². The molecule has 4 nitrogen and oxygen atoms in total. The first-order valence-electron chi connectivity index (χ1n) is 17.5. The third-order valence-electron chi connectivity index (χ3n) is 10.5. The fourth-order valence-electron chi connectivity index (χ4n) is 8.20. The maximum atomic E-state index is 5.32. The fourth-order valence-corrected chi connectivity index (χ4v) is 8.20. The number of rotatable bonds is 4. The van der Waals surface area contributed by atoms with Crippen molar-refractivity contribution >= 4 is 38.2 Å². The quantitative estimate of drug-likeness (QED) is 0.190. The molecule has 1 aliphatic rings. The average Bonchev–Trinajstić information content (AvgIpc) is 3.85. The first-order chi connectivity index (χ1) is 25.3. The molecule has 0 unspecified atom stereocenters. The van der Waals surface area contributed by atoms with Crippen LogP contribution in [0.25, 0.3) is 89.1 Å². The van der Waals surface area contributed by atoms with Gasteiger partial charge in [-0.2, -0.15) is 0 Å². The zero-order chi connectivity index (χ0) is 33.5. The molecule has 0 amide bonds. The summed E-state index contributed by atoms with van der Waals surface area (Å²) in [6.07, 6.45) is 0.991. The van der Waals surface area contributed by atoms with Crippen LogP contribution in [0.15, 0.2) is 170 Å². The van der Waals surface area contributed by atoms with Gasteiger partial charge in [0, 0.05) is 32.7 Å². The maximum Gasteiger partial charge on any atom is 0.163 e. The molecule has 0 radical (unpaired) electrons. The van der Waals surface area contributed by atoms with E-state index in [-0.39, 0.29) is 0 Å². The molecule has 0 aliphatic heterocycles. The van der Waals surface area contributed by atoms with Gasteiger partial charge in [0.25, 0.3) is 0 Å². The molecule has 0 atom stereocenters. The highest BCUT2D eigenvalue weighted by Gasteiger charge is 2.24. The topological polar surface area (TPSA) is 35.1 Å². The molecule has 238 valence electrons. The van der Waals surface area contributed by atoms with Crippen LogP contribution in [0.4, 0.5) is 0 Å². The van der Waals surface area contributed by atoms with Crippen LogP contribution in [-0.4, -0.2) is 18.9 Å². The number of hydrogen-bond acceptors (Lipinski definition) is 2. The van der Waals surface area contributed by atoms with Gasteiger partial charge in [-0.1, -0.05) is 152 Å². The zero-order valence-corrected chi connectivity index (χ0v) is 27.7. The van der Waals surface area contributed by atoms with Gasteiger partial charge in [0.05, 0.1) is 11.0 Å². The number of benzene rings is 7. The minimum Gasteiger partial charge on any atom is -0.294 e. The van der Waals surface area contributed by atoms with E-state index in [0.29, 0.717) is 5.82 Å². The van der Waals surface area contributed by atoms with Crippen LogP contribution < -0.4 is 0 Å². The Labute approximate surface area is 294 Å². The highest BCUT2D eigenvalue weighted by molar-refractivity contribution is 6.13. The minimum atomic E-state index is 0.708. The maximum absolute atomic E-state index is 5.32. The van der Waals surface area contributed by atoms with E-state index in [0.717, 1.165) is 56.6 Å². The molecule has 0 N–H and O–H groups in total. The normalized spacial score (nSPS) is 12.2. The number of hydrogen-bond donors (Lipinski definition) is 0. The predicted octanol–water partition coefficient (Wildman–Crippen LogP) is 11.6. The second-order valence-corrected chi connectivity index (χ2v) is 13.4. The summed E-state index contributed by atoms with van der Waals surface area (Å²) in [6.45, 7) is 0. The van der Waals surface area contributed by atoms with E-state index in [1.807, 2.05) is 18.2 Å². The molecule has 0 fully saturated rings. The van der Waals surface area contributed by atoms with Crippen LogP contribution in [0.3, 0.4) is 0 Å². The molecule has 0 spiro atoms. The van der Waals surface area contributed by atoms with E-state index in [2.05, 4.69) is 161 Å². The van der Waals surface area contributed by atoms with Crippen molar-refractivity contribution in [3.05, 3.63) is 181 Å². The Balaban J connectivity index is 1.24. The molecule has 10 aromatic rings. The van der Waals surface area contributed by atoms with Crippen molar-refractivity contribution in [2.45, 2.75) is 6.42 Å². The van der Waals surface area contributed by atoms with Gasteiger partial charge in [-0.15, -0.1) is 0 Å². The van der Waals surface area contributed by atoms with Crippen molar-refractivity contribution in [2.24, 2.45) is 0 Å². The van der Waals surface area contributed by atoms with Crippen LogP contribution in [0.1, 0.15) is 11.1 Å². The standard InChI is InChI=1S/C47H30N4/c1-3-13-30(14-4-1)44-48-45(31-15-5-2-6-16-31)51-46(49-44)39-20-9-10-21-40(39)47(51)50-42-22-12-11-19-37(42)38-26-25-33(29-43(38)50)32-23-24-35-27-34-17-7-8-18-36(34)41(35)28-32/h1-26,28-29H,27H2. The Morgan fingerprint density at radius 1 is 0.412 bits per heavy atom. The monoisotopic (exact) mass is 650 g/mol. The van der Waals surface area contributed by atoms with Gasteiger partial charge in [-0.3, -0.25) is 8.97 Å². The van der Waals surface area contributed by atoms with E-state index in [1.165, 1.54) is 44.2 Å². The highest BCUT2D eigenvalue weighted by atomic mass is 15.2. The van der Waals surface area contributed by atoms with Crippen molar-refractivity contribution in [3.63, 3.8) is 0 Å². The zero-order valence-electron chi connectivity index (χ0n) is 27.7. The summed E-state index contributed by atoms with van der Waals surface area (Å²) in [4.78, 5) is 10.6. The van der Waals surface area contributed by atoms with Gasteiger partial charge >= 0.3 is 0 Å². The molecule has 11 rings (SSSR count). The Bertz CT molecular complexity index is 2990. The van der Waals surface area contributed by atoms with Crippen LogP contribution in [0.5, 0.6) is 0 Å². The summed E-state index contributed by atoms with van der Waals surface area (Å²) < 4.78 is 4.71. The molecule has 51 heavy (non-hydrogen) atoms. The van der Waals surface area contributed by atoms with Gasteiger partial charge in [0.2, 0.25) is 0 Å². The molecule has 7 aromatic carbocycles. The molecule has 0 saturated carbocycles. The van der Waals surface area contributed by atoms with Crippen molar-refractivity contribution < 1.29 is 0 Å². The summed E-state index contributed by atoms with van der Waals surface area (Å²) in [5.41, 5.74) is 13.1. The molecule has 3 aromatic heterocycles. The van der Waals surface area contributed by atoms with E-state index in [9.17, 15) is 0 Å². The first kappa shape index (κ1) is 28.1. The smallest absolute Gasteiger partial charge is 0.163 e. The Kier molecular flexibility index (Phi) is 5.98.